The number of aromatic nitrogens is 2. The van der Waals surface area contributed by atoms with Crippen molar-refractivity contribution >= 4 is 17.4 Å². The highest BCUT2D eigenvalue weighted by Gasteiger charge is 2.44. The van der Waals surface area contributed by atoms with Crippen LogP contribution in [0.3, 0.4) is 0 Å². The van der Waals surface area contributed by atoms with Gasteiger partial charge in [0.2, 0.25) is 1.43 Å². The van der Waals surface area contributed by atoms with E-state index < -0.39 is 16.4 Å². The van der Waals surface area contributed by atoms with Crippen molar-refractivity contribution in [3.8, 4) is 5.88 Å². The van der Waals surface area contributed by atoms with Crippen LogP contribution in [-0.4, -0.2) is 52.5 Å². The van der Waals surface area contributed by atoms with Crippen LogP contribution in [0.5, 0.6) is 5.88 Å². The molecule has 1 heterocycles. The zero-order chi connectivity index (χ0) is 24.1. The lowest BCUT2D eigenvalue weighted by Crippen LogP contribution is -2.32. The first-order chi connectivity index (χ1) is 15.0. The van der Waals surface area contributed by atoms with Crippen molar-refractivity contribution < 1.29 is 29.1 Å². The third-order valence-corrected chi connectivity index (χ3v) is 5.29. The molecule has 1 fully saturated rings. The fraction of sp³-hybridized carbons (Fsp3) is 0.714. The Balaban J connectivity index is 2.22. The number of Topliss-reactive ketones (excluding diaryl/α,β-unsaturated/α-hetero) is 1. The molecular formula is C21H31N3O7. The van der Waals surface area contributed by atoms with Gasteiger partial charge in [-0.15, -0.1) is 0 Å². The molecule has 10 nitrogen and oxygen atoms in total. The number of aryl methyl sites for hydroxylation is 2. The number of hydrogen-bond acceptors (Lipinski definition) is 9. The van der Waals surface area contributed by atoms with Crippen LogP contribution in [-0.2, 0) is 14.3 Å². The second-order valence-electron chi connectivity index (χ2n) is 8.92. The summed E-state index contributed by atoms with van der Waals surface area (Å²) in [5, 5.41) is 15.9. The SMILES string of the molecule is [3H]OCCC[C@H]1C[C@H](CCOC(=O)C(C)(C)C)[C@H](Oc2nc(C)nc(C)c2[N+](=O)[O-])C1=O. The van der Waals surface area contributed by atoms with Crippen molar-refractivity contribution in [1.82, 2.24) is 9.97 Å². The van der Waals surface area contributed by atoms with Crippen molar-refractivity contribution in [3.63, 3.8) is 0 Å². The molecule has 0 aliphatic heterocycles. The molecule has 1 aromatic heterocycles. The Morgan fingerprint density at radius 1 is 1.32 bits per heavy atom. The molecule has 1 saturated carbocycles. The molecule has 0 radical (unpaired) electrons. The van der Waals surface area contributed by atoms with Crippen LogP contribution in [0.2, 0.25) is 0 Å². The predicted octanol–water partition coefficient (Wildman–Crippen LogP) is 2.71. The summed E-state index contributed by atoms with van der Waals surface area (Å²) in [6.07, 6.45) is 0.966. The number of carbonyl (C=O) groups excluding carboxylic acids is 2. The van der Waals surface area contributed by atoms with Gasteiger partial charge in [-0.2, -0.15) is 4.98 Å². The molecule has 0 bridgehead atoms. The number of nitro groups is 1. The Hall–Kier alpha value is -2.62. The summed E-state index contributed by atoms with van der Waals surface area (Å²) in [5.74, 6) is -1.08. The van der Waals surface area contributed by atoms with E-state index in [4.69, 9.17) is 10.9 Å². The van der Waals surface area contributed by atoms with E-state index in [9.17, 15) is 19.7 Å². The largest absolute Gasteiger partial charge is 0.465 e. The van der Waals surface area contributed by atoms with E-state index >= 15 is 0 Å². The standard InChI is InChI=1S/C21H31N3O7/c1-12-16(24(28)29)19(23-13(2)22-12)31-18-15(8-10-30-20(27)21(3,4)5)11-14(17(18)26)7-6-9-25/h14-15,18,25H,6-11H2,1-5H3/t14-,15-,18-/m0/s1/i25T. The second-order valence-corrected chi connectivity index (χ2v) is 8.92. The molecule has 3 atom stereocenters. The number of aliphatic hydroxyl groups is 1. The van der Waals surface area contributed by atoms with Crippen molar-refractivity contribution in [2.45, 2.75) is 66.4 Å². The summed E-state index contributed by atoms with van der Waals surface area (Å²) in [4.78, 5) is 44.2. The first-order valence-corrected chi connectivity index (χ1v) is 10.4. The summed E-state index contributed by atoms with van der Waals surface area (Å²) >= 11 is 0. The number of nitrogens with zero attached hydrogens (tertiary/aromatic N) is 3. The first-order valence-electron chi connectivity index (χ1n) is 10.8. The number of carbonyl (C=O) groups is 2. The van der Waals surface area contributed by atoms with Gasteiger partial charge in [0, 0.05) is 18.4 Å². The van der Waals surface area contributed by atoms with E-state index in [0.717, 1.165) is 0 Å². The van der Waals surface area contributed by atoms with E-state index in [1.54, 1.807) is 27.7 Å². The lowest BCUT2D eigenvalue weighted by Gasteiger charge is -2.21. The van der Waals surface area contributed by atoms with Gasteiger partial charge < -0.3 is 14.6 Å². The normalized spacial score (nSPS) is 21.6. The Kier molecular flexibility index (Phi) is 7.53. The number of rotatable bonds is 10. The van der Waals surface area contributed by atoms with E-state index in [-0.39, 0.29) is 54.1 Å². The van der Waals surface area contributed by atoms with Gasteiger partial charge in [-0.25, -0.2) is 4.98 Å². The van der Waals surface area contributed by atoms with E-state index in [1.807, 2.05) is 0 Å². The molecule has 2 rings (SSSR count). The minimum atomic E-state index is -0.947. The zero-order valence-electron chi connectivity index (χ0n) is 19.7. The predicted molar refractivity (Wildman–Crippen MR) is 111 cm³/mol. The Morgan fingerprint density at radius 2 is 2.03 bits per heavy atom. The number of hydrogen-bond donors (Lipinski definition) is 1. The highest BCUT2D eigenvalue weighted by atomic mass is 16.6. The highest BCUT2D eigenvalue weighted by Crippen LogP contribution is 2.38. The fourth-order valence-corrected chi connectivity index (χ4v) is 3.69. The molecule has 31 heavy (non-hydrogen) atoms. The maximum atomic E-state index is 13.1. The molecule has 0 unspecified atom stereocenters. The Labute approximate surface area is 183 Å². The quantitative estimate of drug-likeness (QED) is 0.252. The van der Waals surface area contributed by atoms with Gasteiger partial charge in [0.15, 0.2) is 11.9 Å². The topological polar surface area (TPSA) is 142 Å². The molecule has 1 aromatic rings. The van der Waals surface area contributed by atoms with Crippen LogP contribution in [0.1, 0.15) is 58.0 Å². The smallest absolute Gasteiger partial charge is 0.351 e. The van der Waals surface area contributed by atoms with Gasteiger partial charge in [0.05, 0.1) is 16.9 Å². The van der Waals surface area contributed by atoms with Crippen molar-refractivity contribution in [1.29, 1.82) is 1.43 Å². The fourth-order valence-electron chi connectivity index (χ4n) is 3.69. The minimum absolute atomic E-state index is 0.111. The van der Waals surface area contributed by atoms with E-state index in [1.165, 1.54) is 6.92 Å². The average Bonchev–Trinajstić information content (AvgIpc) is 2.95. The highest BCUT2D eigenvalue weighted by molar-refractivity contribution is 5.88. The molecule has 1 aliphatic carbocycles. The lowest BCUT2D eigenvalue weighted by atomic mass is 9.97. The van der Waals surface area contributed by atoms with Crippen molar-refractivity contribution in [3.05, 3.63) is 21.6 Å². The number of esters is 1. The van der Waals surface area contributed by atoms with Crippen LogP contribution in [0.4, 0.5) is 5.69 Å². The van der Waals surface area contributed by atoms with Gasteiger partial charge >= 0.3 is 11.7 Å². The molecule has 1 N–H and O–H groups in total. The molecule has 10 heteroatoms. The number of aliphatic hydroxyl groups excluding tert-OH is 1. The summed E-state index contributed by atoms with van der Waals surface area (Å²) < 4.78 is 18.0. The monoisotopic (exact) mass is 439 g/mol. The molecular weight excluding hydrogens is 406 g/mol. The molecule has 0 aromatic carbocycles. The molecule has 0 spiro atoms. The van der Waals surface area contributed by atoms with Gasteiger partial charge in [-0.1, -0.05) is 0 Å². The lowest BCUT2D eigenvalue weighted by molar-refractivity contribution is -0.387. The zero-order valence-corrected chi connectivity index (χ0v) is 18.7. The van der Waals surface area contributed by atoms with E-state index in [0.29, 0.717) is 31.5 Å². The third-order valence-electron chi connectivity index (χ3n) is 5.29. The first kappa shape index (κ1) is 23.1. The summed E-state index contributed by atoms with van der Waals surface area (Å²) in [5.41, 5.74) is -0.855. The summed E-state index contributed by atoms with van der Waals surface area (Å²) in [7, 11) is 0. The Bertz CT molecular complexity index is 857. The Morgan fingerprint density at radius 3 is 2.65 bits per heavy atom. The number of ketones is 1. The van der Waals surface area contributed by atoms with Crippen LogP contribution in [0.15, 0.2) is 0 Å². The van der Waals surface area contributed by atoms with Gasteiger partial charge in [-0.3, -0.25) is 19.7 Å². The van der Waals surface area contributed by atoms with Gasteiger partial charge in [0.25, 0.3) is 5.88 Å². The van der Waals surface area contributed by atoms with Crippen LogP contribution in [0.25, 0.3) is 0 Å². The minimum Gasteiger partial charge on any atom is -0.465 e. The second kappa shape index (κ2) is 10.1. The van der Waals surface area contributed by atoms with Crippen molar-refractivity contribution in [2.75, 3.05) is 13.2 Å². The van der Waals surface area contributed by atoms with Gasteiger partial charge in [0.1, 0.15) is 11.5 Å². The number of ether oxygens (including phenoxy) is 2. The van der Waals surface area contributed by atoms with Crippen molar-refractivity contribution in [2.24, 2.45) is 17.3 Å². The molecule has 172 valence electrons. The maximum absolute atomic E-state index is 13.1. The molecule has 0 amide bonds. The summed E-state index contributed by atoms with van der Waals surface area (Å²) in [6, 6.07) is 0. The average molecular weight is 440 g/mol. The van der Waals surface area contributed by atoms with Crippen LogP contribution in [0, 0.1) is 41.2 Å². The van der Waals surface area contributed by atoms with Crippen LogP contribution < -0.4 is 4.74 Å². The van der Waals surface area contributed by atoms with Crippen LogP contribution >= 0.6 is 0 Å². The third kappa shape index (κ3) is 6.19. The summed E-state index contributed by atoms with van der Waals surface area (Å²) in [6.45, 7) is 8.66. The molecule has 1 aliphatic rings. The van der Waals surface area contributed by atoms with E-state index in [2.05, 4.69) is 15.1 Å². The maximum Gasteiger partial charge on any atom is 0.351 e. The molecule has 0 saturated heterocycles. The van der Waals surface area contributed by atoms with Gasteiger partial charge in [-0.05, 0) is 60.3 Å².